The first kappa shape index (κ1) is 15.6. The number of urea groups is 1. The van der Waals surface area contributed by atoms with Crippen LogP contribution < -0.4 is 10.6 Å². The van der Waals surface area contributed by atoms with Gasteiger partial charge in [-0.15, -0.1) is 11.3 Å². The number of nitrogens with one attached hydrogen (secondary N) is 2. The third-order valence-corrected chi connectivity index (χ3v) is 4.63. The zero-order valence-electron chi connectivity index (χ0n) is 12.8. The summed E-state index contributed by atoms with van der Waals surface area (Å²) >= 11 is 1.60. The highest BCUT2D eigenvalue weighted by atomic mass is 32.1. The lowest BCUT2D eigenvalue weighted by Crippen LogP contribution is -2.37. The molecule has 0 spiro atoms. The molecule has 3 rings (SSSR count). The van der Waals surface area contributed by atoms with Crippen molar-refractivity contribution in [3.63, 3.8) is 0 Å². The molecule has 1 aromatic carbocycles. The van der Waals surface area contributed by atoms with E-state index in [2.05, 4.69) is 10.6 Å². The average Bonchev–Trinajstić information content (AvgIpc) is 3.20. The maximum atomic E-state index is 11.8. The molecule has 6 heteroatoms. The molecule has 23 heavy (non-hydrogen) atoms. The molecular weight excluding hydrogens is 310 g/mol. The number of thiophene rings is 1. The molecule has 0 aliphatic heterocycles. The van der Waals surface area contributed by atoms with Crippen molar-refractivity contribution in [2.75, 3.05) is 6.54 Å². The number of rotatable bonds is 5. The van der Waals surface area contributed by atoms with E-state index in [9.17, 15) is 9.90 Å². The summed E-state index contributed by atoms with van der Waals surface area (Å²) < 4.78 is 2.03. The number of aromatic nitrogens is 1. The van der Waals surface area contributed by atoms with Crippen molar-refractivity contribution < 1.29 is 9.90 Å². The first-order chi connectivity index (χ1) is 11.1. The molecule has 0 saturated carbocycles. The molecule has 2 heterocycles. The Morgan fingerprint density at radius 1 is 1.30 bits per heavy atom. The van der Waals surface area contributed by atoms with Crippen molar-refractivity contribution >= 4 is 28.3 Å². The van der Waals surface area contributed by atoms with E-state index in [0.717, 1.165) is 21.3 Å². The first-order valence-corrected chi connectivity index (χ1v) is 8.28. The minimum Gasteiger partial charge on any atom is -0.387 e. The van der Waals surface area contributed by atoms with Crippen LogP contribution in [0.3, 0.4) is 0 Å². The maximum absolute atomic E-state index is 11.8. The van der Waals surface area contributed by atoms with Crippen LogP contribution in [0.1, 0.15) is 16.5 Å². The van der Waals surface area contributed by atoms with Gasteiger partial charge >= 0.3 is 6.03 Å². The Morgan fingerprint density at radius 3 is 2.96 bits per heavy atom. The van der Waals surface area contributed by atoms with Crippen LogP contribution in [0.5, 0.6) is 0 Å². The van der Waals surface area contributed by atoms with Crippen LogP contribution in [-0.4, -0.2) is 22.2 Å². The van der Waals surface area contributed by atoms with Gasteiger partial charge in [0, 0.05) is 30.2 Å². The molecule has 0 saturated heterocycles. The van der Waals surface area contributed by atoms with Crippen LogP contribution in [0.15, 0.2) is 48.0 Å². The summed E-state index contributed by atoms with van der Waals surface area (Å²) in [5.74, 6) is 0. The standard InChI is InChI=1S/C17H19N3O2S/c1-20-7-6-12-9-13(4-5-15(12)20)16(21)11-19-17(22)18-10-14-3-2-8-23-14/h2-9,16,21H,10-11H2,1H3,(H2,18,19,22)/t16-/m0/s1. The molecule has 3 N–H and O–H groups in total. The van der Waals surface area contributed by atoms with Crippen molar-refractivity contribution in [1.82, 2.24) is 15.2 Å². The van der Waals surface area contributed by atoms with Crippen molar-refractivity contribution in [1.29, 1.82) is 0 Å². The number of benzene rings is 1. The SMILES string of the molecule is Cn1ccc2cc([C@@H](O)CNC(=O)NCc3cccs3)ccc21. The molecule has 2 aromatic heterocycles. The highest BCUT2D eigenvalue weighted by Gasteiger charge is 2.11. The van der Waals surface area contributed by atoms with Crippen molar-refractivity contribution in [3.05, 3.63) is 58.4 Å². The summed E-state index contributed by atoms with van der Waals surface area (Å²) in [7, 11) is 1.98. The second kappa shape index (κ2) is 6.85. The summed E-state index contributed by atoms with van der Waals surface area (Å²) in [6.07, 6.45) is 1.25. The van der Waals surface area contributed by atoms with Gasteiger partial charge in [0.2, 0.25) is 0 Å². The molecule has 3 aromatic rings. The molecule has 1 atom stereocenters. The van der Waals surface area contributed by atoms with Gasteiger partial charge in [-0.05, 0) is 40.6 Å². The van der Waals surface area contributed by atoms with Gasteiger partial charge in [-0.1, -0.05) is 12.1 Å². The lowest BCUT2D eigenvalue weighted by Gasteiger charge is -2.13. The summed E-state index contributed by atoms with van der Waals surface area (Å²) in [4.78, 5) is 12.9. The molecule has 5 nitrogen and oxygen atoms in total. The second-order valence-electron chi connectivity index (χ2n) is 5.40. The highest BCUT2D eigenvalue weighted by molar-refractivity contribution is 7.09. The Bertz CT molecular complexity index is 795. The number of aliphatic hydroxyl groups is 1. The Kier molecular flexibility index (Phi) is 4.64. The van der Waals surface area contributed by atoms with Gasteiger partial charge in [0.25, 0.3) is 0 Å². The van der Waals surface area contributed by atoms with E-state index in [4.69, 9.17) is 0 Å². The van der Waals surface area contributed by atoms with Crippen LogP contribution in [0.25, 0.3) is 10.9 Å². The number of hydrogen-bond donors (Lipinski definition) is 3. The summed E-state index contributed by atoms with van der Waals surface area (Å²) in [6, 6.07) is 11.5. The fraction of sp³-hybridized carbons (Fsp3) is 0.235. The Labute approximate surface area is 138 Å². The van der Waals surface area contributed by atoms with Gasteiger partial charge in [0.05, 0.1) is 12.6 Å². The number of amides is 2. The van der Waals surface area contributed by atoms with Gasteiger partial charge in [0.1, 0.15) is 0 Å². The van der Waals surface area contributed by atoms with E-state index >= 15 is 0 Å². The summed E-state index contributed by atoms with van der Waals surface area (Å²) in [5.41, 5.74) is 1.91. The average molecular weight is 329 g/mol. The van der Waals surface area contributed by atoms with E-state index in [1.165, 1.54) is 0 Å². The molecule has 2 amide bonds. The van der Waals surface area contributed by atoms with Crippen molar-refractivity contribution in [2.45, 2.75) is 12.6 Å². The molecule has 0 aliphatic rings. The van der Waals surface area contributed by atoms with E-state index in [1.807, 2.05) is 59.6 Å². The minimum absolute atomic E-state index is 0.175. The fourth-order valence-corrected chi connectivity index (χ4v) is 3.10. The smallest absolute Gasteiger partial charge is 0.315 e. The number of aryl methyl sites for hydroxylation is 1. The van der Waals surface area contributed by atoms with Gasteiger partial charge in [-0.2, -0.15) is 0 Å². The third kappa shape index (κ3) is 3.72. The topological polar surface area (TPSA) is 66.3 Å². The number of nitrogens with zero attached hydrogens (tertiary/aromatic N) is 1. The van der Waals surface area contributed by atoms with E-state index in [-0.39, 0.29) is 12.6 Å². The van der Waals surface area contributed by atoms with Crippen LogP contribution in [0.2, 0.25) is 0 Å². The van der Waals surface area contributed by atoms with Gasteiger partial charge in [0.15, 0.2) is 0 Å². The quantitative estimate of drug-likeness (QED) is 0.674. The molecule has 0 radical (unpaired) electrons. The van der Waals surface area contributed by atoms with Crippen LogP contribution in [-0.2, 0) is 13.6 Å². The predicted molar refractivity (Wildman–Crippen MR) is 92.4 cm³/mol. The van der Waals surface area contributed by atoms with Gasteiger partial charge in [-0.3, -0.25) is 0 Å². The zero-order valence-corrected chi connectivity index (χ0v) is 13.6. The molecule has 0 bridgehead atoms. The molecule has 120 valence electrons. The van der Waals surface area contributed by atoms with Crippen LogP contribution in [0.4, 0.5) is 4.79 Å². The second-order valence-corrected chi connectivity index (χ2v) is 6.44. The molecule has 0 fully saturated rings. The zero-order chi connectivity index (χ0) is 16.2. The number of carbonyl (C=O) groups is 1. The predicted octanol–water partition coefficient (Wildman–Crippen LogP) is 2.77. The maximum Gasteiger partial charge on any atom is 0.315 e. The monoisotopic (exact) mass is 329 g/mol. The van der Waals surface area contributed by atoms with Crippen LogP contribution in [0, 0.1) is 0 Å². The minimum atomic E-state index is -0.730. The van der Waals surface area contributed by atoms with E-state index in [1.54, 1.807) is 11.3 Å². The Balaban J connectivity index is 1.53. The van der Waals surface area contributed by atoms with E-state index in [0.29, 0.717) is 6.54 Å². The fourth-order valence-electron chi connectivity index (χ4n) is 2.46. The number of fused-ring (bicyclic) bond motifs is 1. The lowest BCUT2D eigenvalue weighted by molar-refractivity contribution is 0.173. The summed E-state index contributed by atoms with van der Waals surface area (Å²) in [5, 5.41) is 18.8. The Hall–Kier alpha value is -2.31. The molecular formula is C17H19N3O2S. The van der Waals surface area contributed by atoms with Crippen LogP contribution >= 0.6 is 11.3 Å². The lowest BCUT2D eigenvalue weighted by atomic mass is 10.1. The summed E-state index contributed by atoms with van der Waals surface area (Å²) in [6.45, 7) is 0.671. The largest absolute Gasteiger partial charge is 0.387 e. The first-order valence-electron chi connectivity index (χ1n) is 7.40. The normalized spacial score (nSPS) is 12.3. The number of aliphatic hydroxyl groups excluding tert-OH is 1. The van der Waals surface area contributed by atoms with Crippen molar-refractivity contribution in [2.24, 2.45) is 7.05 Å². The Morgan fingerprint density at radius 2 is 2.17 bits per heavy atom. The van der Waals surface area contributed by atoms with E-state index < -0.39 is 6.10 Å². The third-order valence-electron chi connectivity index (χ3n) is 3.75. The molecule has 0 aliphatic carbocycles. The van der Waals surface area contributed by atoms with Crippen molar-refractivity contribution in [3.8, 4) is 0 Å². The highest BCUT2D eigenvalue weighted by Crippen LogP contribution is 2.20. The molecule has 0 unspecified atom stereocenters. The van der Waals surface area contributed by atoms with Gasteiger partial charge < -0.3 is 20.3 Å². The van der Waals surface area contributed by atoms with Gasteiger partial charge in [-0.25, -0.2) is 4.79 Å². The number of carbonyl (C=O) groups excluding carboxylic acids is 1. The number of hydrogen-bond acceptors (Lipinski definition) is 3.